The van der Waals surface area contributed by atoms with Gasteiger partial charge in [0, 0.05) is 62.1 Å². The first kappa shape index (κ1) is 23.6. The van der Waals surface area contributed by atoms with Crippen molar-refractivity contribution in [3.8, 4) is 11.3 Å². The summed E-state index contributed by atoms with van der Waals surface area (Å²) in [5, 5.41) is 0.639. The van der Waals surface area contributed by atoms with Gasteiger partial charge in [0.25, 0.3) is 0 Å². The fourth-order valence-corrected chi connectivity index (χ4v) is 4.40. The molecule has 1 aromatic carbocycles. The molecule has 7 nitrogen and oxygen atoms in total. The molecular weight excluding hydrogens is 481 g/mol. The molecule has 11 heteroatoms. The number of morpholine rings is 1. The van der Waals surface area contributed by atoms with E-state index in [-0.39, 0.29) is 5.82 Å². The first-order valence-corrected chi connectivity index (χ1v) is 11.8. The van der Waals surface area contributed by atoms with E-state index in [0.29, 0.717) is 50.4 Å². The van der Waals surface area contributed by atoms with Crippen molar-refractivity contribution >= 4 is 29.2 Å². The van der Waals surface area contributed by atoms with Crippen molar-refractivity contribution in [2.45, 2.75) is 6.18 Å². The van der Waals surface area contributed by atoms with Crippen LogP contribution in [0.2, 0.25) is 5.02 Å². The van der Waals surface area contributed by atoms with Gasteiger partial charge in [-0.15, -0.1) is 0 Å². The summed E-state index contributed by atoms with van der Waals surface area (Å²) in [6.07, 6.45) is -3.06. The number of hydrogen-bond acceptors (Lipinski definition) is 7. The Morgan fingerprint density at radius 1 is 0.829 bits per heavy atom. The van der Waals surface area contributed by atoms with Crippen molar-refractivity contribution in [1.82, 2.24) is 15.0 Å². The van der Waals surface area contributed by atoms with Crippen LogP contribution in [0.5, 0.6) is 0 Å². The summed E-state index contributed by atoms with van der Waals surface area (Å²) >= 11 is 6.07. The molecular formula is C24H24ClF3N6O. The van der Waals surface area contributed by atoms with E-state index in [1.807, 2.05) is 35.2 Å². The molecule has 0 unspecified atom stereocenters. The van der Waals surface area contributed by atoms with E-state index in [2.05, 4.69) is 9.88 Å². The van der Waals surface area contributed by atoms with Crippen molar-refractivity contribution in [2.75, 3.05) is 67.2 Å². The Kier molecular flexibility index (Phi) is 6.66. The molecule has 5 rings (SSSR count). The Labute approximate surface area is 206 Å². The maximum atomic E-state index is 13.5. The van der Waals surface area contributed by atoms with E-state index in [9.17, 15) is 13.2 Å². The number of nitrogens with zero attached hydrogens (tertiary/aromatic N) is 6. The summed E-state index contributed by atoms with van der Waals surface area (Å²) in [6.45, 7) is 4.40. The molecule has 0 amide bonds. The molecule has 0 radical (unpaired) electrons. The highest BCUT2D eigenvalue weighted by Crippen LogP contribution is 2.35. The fourth-order valence-electron chi connectivity index (χ4n) is 4.27. The molecule has 0 bridgehead atoms. The third-order valence-corrected chi connectivity index (χ3v) is 6.38. The van der Waals surface area contributed by atoms with E-state index in [4.69, 9.17) is 26.3 Å². The summed E-state index contributed by atoms with van der Waals surface area (Å²) in [5.74, 6) is 1.31. The van der Waals surface area contributed by atoms with Crippen molar-refractivity contribution in [3.63, 3.8) is 0 Å². The van der Waals surface area contributed by atoms with E-state index < -0.39 is 11.7 Å². The Bertz CT molecular complexity index is 1160. The summed E-state index contributed by atoms with van der Waals surface area (Å²) in [6, 6.07) is 11.8. The number of ether oxygens (including phenoxy) is 1. The molecule has 0 N–H and O–H groups in total. The number of hydrogen-bond donors (Lipinski definition) is 0. The third kappa shape index (κ3) is 5.28. The molecule has 0 spiro atoms. The van der Waals surface area contributed by atoms with Gasteiger partial charge in [0.15, 0.2) is 0 Å². The number of rotatable bonds is 4. The highest BCUT2D eigenvalue weighted by molar-refractivity contribution is 6.30. The molecule has 184 valence electrons. The molecule has 2 aliphatic rings. The van der Waals surface area contributed by atoms with Crippen molar-refractivity contribution in [2.24, 2.45) is 0 Å². The van der Waals surface area contributed by atoms with Crippen LogP contribution in [0.3, 0.4) is 0 Å². The normalized spacial score (nSPS) is 17.1. The predicted octanol–water partition coefficient (Wildman–Crippen LogP) is 4.37. The lowest BCUT2D eigenvalue weighted by molar-refractivity contribution is -0.137. The van der Waals surface area contributed by atoms with Gasteiger partial charge in [-0.05, 0) is 24.3 Å². The molecule has 2 aromatic heterocycles. The molecule has 2 saturated heterocycles. The minimum Gasteiger partial charge on any atom is -0.378 e. The van der Waals surface area contributed by atoms with E-state index in [1.54, 1.807) is 4.90 Å². The number of halogens is 4. The Morgan fingerprint density at radius 3 is 2.20 bits per heavy atom. The minimum absolute atomic E-state index is 0.0375. The molecule has 0 saturated carbocycles. The molecule has 0 atom stereocenters. The van der Waals surface area contributed by atoms with Gasteiger partial charge in [-0.25, -0.2) is 9.97 Å². The van der Waals surface area contributed by atoms with Gasteiger partial charge in [0.1, 0.15) is 11.6 Å². The molecule has 3 aromatic rings. The van der Waals surface area contributed by atoms with Crippen LogP contribution < -0.4 is 14.7 Å². The standard InChI is InChI=1S/C24H24ClF3N6O/c25-18-5-3-17(4-6-18)20-16-21(32-12-14-35-15-13-32)31-23(30-20)34-10-8-33(9-11-34)22-19(24(26,27)28)2-1-7-29-22/h1-7,16H,8-15H2. The highest BCUT2D eigenvalue weighted by Gasteiger charge is 2.36. The summed E-state index contributed by atoms with van der Waals surface area (Å²) in [5.41, 5.74) is 0.957. The van der Waals surface area contributed by atoms with Gasteiger partial charge in [-0.1, -0.05) is 23.7 Å². The van der Waals surface area contributed by atoms with Gasteiger partial charge < -0.3 is 19.4 Å². The molecule has 2 fully saturated rings. The van der Waals surface area contributed by atoms with E-state index >= 15 is 0 Å². The smallest absolute Gasteiger partial charge is 0.378 e. The van der Waals surface area contributed by atoms with Gasteiger partial charge in [-0.3, -0.25) is 0 Å². The maximum absolute atomic E-state index is 13.5. The first-order chi connectivity index (χ1) is 16.9. The number of anilines is 3. The highest BCUT2D eigenvalue weighted by atomic mass is 35.5. The van der Waals surface area contributed by atoms with E-state index in [1.165, 1.54) is 12.3 Å². The monoisotopic (exact) mass is 504 g/mol. The van der Waals surface area contributed by atoms with Crippen LogP contribution in [0, 0.1) is 0 Å². The Hall–Kier alpha value is -3.11. The zero-order valence-electron chi connectivity index (χ0n) is 18.9. The van der Waals surface area contributed by atoms with Crippen LogP contribution in [-0.2, 0) is 10.9 Å². The number of aromatic nitrogens is 3. The Balaban J connectivity index is 1.41. The molecule has 0 aliphatic carbocycles. The molecule has 35 heavy (non-hydrogen) atoms. The second-order valence-electron chi connectivity index (χ2n) is 8.36. The quantitative estimate of drug-likeness (QED) is 0.523. The number of alkyl halides is 3. The zero-order chi connectivity index (χ0) is 24.4. The van der Waals surface area contributed by atoms with Gasteiger partial charge >= 0.3 is 6.18 Å². The average Bonchev–Trinajstić information content (AvgIpc) is 2.89. The van der Waals surface area contributed by atoms with Crippen LogP contribution >= 0.6 is 11.6 Å². The average molecular weight is 505 g/mol. The van der Waals surface area contributed by atoms with Crippen LogP contribution in [0.15, 0.2) is 48.7 Å². The molecule has 2 aliphatic heterocycles. The van der Waals surface area contributed by atoms with Crippen molar-refractivity contribution < 1.29 is 17.9 Å². The summed E-state index contributed by atoms with van der Waals surface area (Å²) in [4.78, 5) is 19.5. The topological polar surface area (TPSA) is 57.6 Å². The number of pyridine rings is 1. The van der Waals surface area contributed by atoms with Crippen molar-refractivity contribution in [1.29, 1.82) is 0 Å². The second kappa shape index (κ2) is 9.87. The third-order valence-electron chi connectivity index (χ3n) is 6.13. The number of benzene rings is 1. The predicted molar refractivity (Wildman–Crippen MR) is 129 cm³/mol. The van der Waals surface area contributed by atoms with Crippen LogP contribution in [0.1, 0.15) is 5.56 Å². The van der Waals surface area contributed by atoms with Gasteiger partial charge in [0.2, 0.25) is 5.95 Å². The fraction of sp³-hybridized carbons (Fsp3) is 0.375. The maximum Gasteiger partial charge on any atom is 0.419 e. The van der Waals surface area contributed by atoms with Gasteiger partial charge in [0.05, 0.1) is 24.5 Å². The minimum atomic E-state index is -4.45. The van der Waals surface area contributed by atoms with Crippen LogP contribution in [0.25, 0.3) is 11.3 Å². The zero-order valence-corrected chi connectivity index (χ0v) is 19.6. The SMILES string of the molecule is FC(F)(F)c1cccnc1N1CCN(c2nc(-c3ccc(Cl)cc3)cc(N3CCOCC3)n2)CC1. The summed E-state index contributed by atoms with van der Waals surface area (Å²) < 4.78 is 45.9. The lowest BCUT2D eigenvalue weighted by Gasteiger charge is -2.37. The van der Waals surface area contributed by atoms with Crippen molar-refractivity contribution in [3.05, 3.63) is 59.2 Å². The lowest BCUT2D eigenvalue weighted by Crippen LogP contribution is -2.48. The lowest BCUT2D eigenvalue weighted by atomic mass is 10.1. The largest absolute Gasteiger partial charge is 0.419 e. The first-order valence-electron chi connectivity index (χ1n) is 11.4. The second-order valence-corrected chi connectivity index (χ2v) is 8.80. The van der Waals surface area contributed by atoms with E-state index in [0.717, 1.165) is 36.2 Å². The van der Waals surface area contributed by atoms with Gasteiger partial charge in [-0.2, -0.15) is 18.2 Å². The molecule has 4 heterocycles. The summed E-state index contributed by atoms with van der Waals surface area (Å²) in [7, 11) is 0. The Morgan fingerprint density at radius 2 is 1.51 bits per heavy atom. The van der Waals surface area contributed by atoms with Crippen LogP contribution in [0.4, 0.5) is 30.8 Å². The van der Waals surface area contributed by atoms with Crippen LogP contribution in [-0.4, -0.2) is 67.4 Å². The number of piperazine rings is 1.